The molecule has 1 fully saturated rings. The monoisotopic (exact) mass is 421 g/mol. The van der Waals surface area contributed by atoms with E-state index in [-0.39, 0.29) is 18.1 Å². The molecule has 0 unspecified atom stereocenters. The standard InChI is InChI=1S/C21H20FN7O2/c1-14-2-4-16(31-20-18-6-7-24-28(18)11-10-23-20)13-27(14)21(30)17-5-3-15(22)12-19(17)29-25-8-9-26-29/h3,5-12,14,16H,2,4,13H2,1H3/t14-,16-/m1/s1. The van der Waals surface area contributed by atoms with E-state index in [1.54, 1.807) is 28.0 Å². The fourth-order valence-corrected chi connectivity index (χ4v) is 3.88. The first kappa shape index (κ1) is 19.2. The van der Waals surface area contributed by atoms with Gasteiger partial charge in [-0.3, -0.25) is 4.79 Å². The highest BCUT2D eigenvalue weighted by Crippen LogP contribution is 2.26. The molecule has 5 rings (SSSR count). The number of nitrogens with zero attached hydrogens (tertiary/aromatic N) is 7. The van der Waals surface area contributed by atoms with Crippen molar-refractivity contribution in [3.05, 3.63) is 66.6 Å². The first-order chi connectivity index (χ1) is 15.1. The predicted octanol–water partition coefficient (Wildman–Crippen LogP) is 2.52. The van der Waals surface area contributed by atoms with Crippen LogP contribution in [0.5, 0.6) is 5.88 Å². The summed E-state index contributed by atoms with van der Waals surface area (Å²) < 4.78 is 21.7. The Morgan fingerprint density at radius 1 is 1.10 bits per heavy atom. The molecule has 0 N–H and O–H groups in total. The zero-order valence-electron chi connectivity index (χ0n) is 16.8. The van der Waals surface area contributed by atoms with Gasteiger partial charge < -0.3 is 9.64 Å². The quantitative estimate of drug-likeness (QED) is 0.503. The van der Waals surface area contributed by atoms with Crippen molar-refractivity contribution in [2.24, 2.45) is 0 Å². The first-order valence-corrected chi connectivity index (χ1v) is 10.0. The maximum atomic E-state index is 13.9. The maximum absolute atomic E-state index is 13.9. The minimum atomic E-state index is -0.461. The molecule has 1 aliphatic heterocycles. The number of amides is 1. The minimum Gasteiger partial charge on any atom is -0.471 e. The third-order valence-corrected chi connectivity index (χ3v) is 5.49. The number of aromatic nitrogens is 6. The second-order valence-electron chi connectivity index (χ2n) is 7.50. The molecule has 158 valence electrons. The van der Waals surface area contributed by atoms with Crippen molar-refractivity contribution >= 4 is 11.4 Å². The Bertz CT molecular complexity index is 1220. The van der Waals surface area contributed by atoms with Crippen LogP contribution in [0.4, 0.5) is 4.39 Å². The van der Waals surface area contributed by atoms with Crippen LogP contribution < -0.4 is 4.74 Å². The van der Waals surface area contributed by atoms with Crippen molar-refractivity contribution in [2.45, 2.75) is 31.9 Å². The Hall–Kier alpha value is -3.82. The number of likely N-dealkylation sites (tertiary alicyclic amines) is 1. The molecule has 31 heavy (non-hydrogen) atoms. The summed E-state index contributed by atoms with van der Waals surface area (Å²) in [6.07, 6.45) is 9.37. The Kier molecular flexibility index (Phi) is 4.81. The molecule has 0 spiro atoms. The Morgan fingerprint density at radius 2 is 1.94 bits per heavy atom. The van der Waals surface area contributed by atoms with Gasteiger partial charge in [0.05, 0.1) is 30.7 Å². The molecule has 4 heterocycles. The van der Waals surface area contributed by atoms with Gasteiger partial charge in [0.1, 0.15) is 23.1 Å². The van der Waals surface area contributed by atoms with Crippen molar-refractivity contribution in [3.8, 4) is 11.6 Å². The number of benzene rings is 1. The molecule has 10 heteroatoms. The van der Waals surface area contributed by atoms with Crippen LogP contribution in [0.25, 0.3) is 11.2 Å². The first-order valence-electron chi connectivity index (χ1n) is 10.0. The molecule has 0 bridgehead atoms. The van der Waals surface area contributed by atoms with Crippen LogP contribution in [0.1, 0.15) is 30.1 Å². The topological polar surface area (TPSA) is 90.4 Å². The van der Waals surface area contributed by atoms with E-state index in [0.29, 0.717) is 23.7 Å². The maximum Gasteiger partial charge on any atom is 0.256 e. The number of hydrogen-bond acceptors (Lipinski definition) is 6. The number of fused-ring (bicyclic) bond motifs is 1. The van der Waals surface area contributed by atoms with E-state index in [2.05, 4.69) is 20.3 Å². The Balaban J connectivity index is 1.41. The molecule has 1 saturated heterocycles. The van der Waals surface area contributed by atoms with Gasteiger partial charge in [0, 0.05) is 24.5 Å². The van der Waals surface area contributed by atoms with Gasteiger partial charge in [0.2, 0.25) is 5.88 Å². The number of carbonyl (C=O) groups excluding carboxylic acids is 1. The molecule has 3 aromatic heterocycles. The number of rotatable bonds is 4. The summed E-state index contributed by atoms with van der Waals surface area (Å²) in [6, 6.07) is 5.85. The average molecular weight is 421 g/mol. The van der Waals surface area contributed by atoms with Gasteiger partial charge in [0.25, 0.3) is 5.91 Å². The molecule has 9 nitrogen and oxygen atoms in total. The van der Waals surface area contributed by atoms with E-state index in [9.17, 15) is 9.18 Å². The van der Waals surface area contributed by atoms with Crippen LogP contribution in [0.15, 0.2) is 55.2 Å². The van der Waals surface area contributed by atoms with Gasteiger partial charge in [-0.2, -0.15) is 20.1 Å². The van der Waals surface area contributed by atoms with Crippen LogP contribution in [0.3, 0.4) is 0 Å². The zero-order valence-corrected chi connectivity index (χ0v) is 16.8. The van der Waals surface area contributed by atoms with E-state index >= 15 is 0 Å². The summed E-state index contributed by atoms with van der Waals surface area (Å²) in [5.41, 5.74) is 1.40. The highest BCUT2D eigenvalue weighted by Gasteiger charge is 2.32. The summed E-state index contributed by atoms with van der Waals surface area (Å²) >= 11 is 0. The fraction of sp³-hybridized carbons (Fsp3) is 0.286. The van der Waals surface area contributed by atoms with E-state index in [0.717, 1.165) is 18.4 Å². The van der Waals surface area contributed by atoms with Crippen molar-refractivity contribution in [1.29, 1.82) is 0 Å². The summed E-state index contributed by atoms with van der Waals surface area (Å²) in [6.45, 7) is 2.39. The molecular formula is C21H20FN7O2. The Labute approximate surface area is 177 Å². The van der Waals surface area contributed by atoms with Crippen molar-refractivity contribution < 1.29 is 13.9 Å². The average Bonchev–Trinajstić information content (AvgIpc) is 3.47. The molecule has 4 aromatic rings. The van der Waals surface area contributed by atoms with Gasteiger partial charge in [-0.25, -0.2) is 13.9 Å². The van der Waals surface area contributed by atoms with Gasteiger partial charge in [-0.05, 0) is 38.0 Å². The molecular weight excluding hydrogens is 401 g/mol. The second-order valence-corrected chi connectivity index (χ2v) is 7.50. The minimum absolute atomic E-state index is 0.00884. The van der Waals surface area contributed by atoms with Gasteiger partial charge in [-0.15, -0.1) is 0 Å². The molecule has 0 radical (unpaired) electrons. The molecule has 0 saturated carbocycles. The number of halogens is 1. The van der Waals surface area contributed by atoms with Crippen molar-refractivity contribution in [2.75, 3.05) is 6.54 Å². The lowest BCUT2D eigenvalue weighted by molar-refractivity contribution is 0.0376. The molecule has 1 aliphatic rings. The largest absolute Gasteiger partial charge is 0.471 e. The number of hydrogen-bond donors (Lipinski definition) is 0. The number of carbonyl (C=O) groups is 1. The van der Waals surface area contributed by atoms with E-state index in [1.165, 1.54) is 35.4 Å². The summed E-state index contributed by atoms with van der Waals surface area (Å²) in [5, 5.41) is 12.3. The van der Waals surface area contributed by atoms with Crippen LogP contribution in [-0.2, 0) is 0 Å². The second kappa shape index (κ2) is 7.78. The predicted molar refractivity (Wildman–Crippen MR) is 108 cm³/mol. The van der Waals surface area contributed by atoms with Gasteiger partial charge in [0.15, 0.2) is 0 Å². The SMILES string of the molecule is C[C@@H]1CC[C@@H](Oc2nccn3nccc23)CN1C(=O)c1ccc(F)cc1-n1nccn1. The molecule has 2 atom stereocenters. The number of piperidine rings is 1. The summed E-state index contributed by atoms with van der Waals surface area (Å²) in [4.78, 5) is 20.8. The van der Waals surface area contributed by atoms with Gasteiger partial charge in [-0.1, -0.05) is 0 Å². The summed E-state index contributed by atoms with van der Waals surface area (Å²) in [7, 11) is 0. The highest BCUT2D eigenvalue weighted by atomic mass is 19.1. The van der Waals surface area contributed by atoms with Crippen LogP contribution in [-0.4, -0.2) is 59.1 Å². The molecule has 1 aromatic carbocycles. The third-order valence-electron chi connectivity index (χ3n) is 5.49. The van der Waals surface area contributed by atoms with Crippen LogP contribution >= 0.6 is 0 Å². The highest BCUT2D eigenvalue weighted by molar-refractivity contribution is 5.98. The number of ether oxygens (including phenoxy) is 1. The van der Waals surface area contributed by atoms with Gasteiger partial charge >= 0.3 is 0 Å². The van der Waals surface area contributed by atoms with E-state index in [1.807, 2.05) is 13.0 Å². The lowest BCUT2D eigenvalue weighted by Gasteiger charge is -2.38. The normalized spacial score (nSPS) is 19.0. The zero-order chi connectivity index (χ0) is 21.4. The smallest absolute Gasteiger partial charge is 0.256 e. The van der Waals surface area contributed by atoms with Crippen LogP contribution in [0.2, 0.25) is 0 Å². The molecule has 1 amide bonds. The van der Waals surface area contributed by atoms with Crippen LogP contribution in [0, 0.1) is 5.82 Å². The van der Waals surface area contributed by atoms with E-state index < -0.39 is 5.82 Å². The van der Waals surface area contributed by atoms with Crippen molar-refractivity contribution in [1.82, 2.24) is 34.5 Å². The fourth-order valence-electron chi connectivity index (χ4n) is 3.88. The Morgan fingerprint density at radius 3 is 2.77 bits per heavy atom. The third kappa shape index (κ3) is 3.60. The lowest BCUT2D eigenvalue weighted by Crippen LogP contribution is -2.49. The lowest BCUT2D eigenvalue weighted by atomic mass is 9.99. The summed E-state index contributed by atoms with van der Waals surface area (Å²) in [5.74, 6) is -0.199. The van der Waals surface area contributed by atoms with Crippen molar-refractivity contribution in [3.63, 3.8) is 0 Å². The van der Waals surface area contributed by atoms with E-state index in [4.69, 9.17) is 4.74 Å². The molecule has 0 aliphatic carbocycles.